The van der Waals surface area contributed by atoms with E-state index in [2.05, 4.69) is 26.1 Å². The number of methoxy groups -OCH3 is 1. The van der Waals surface area contributed by atoms with Gasteiger partial charge in [0, 0.05) is 12.8 Å². The zero-order chi connectivity index (χ0) is 18.4. The highest BCUT2D eigenvalue weighted by atomic mass is 16.5. The van der Waals surface area contributed by atoms with E-state index in [1.54, 1.807) is 14.0 Å². The molecular formula is C21H27NO3. The van der Waals surface area contributed by atoms with Gasteiger partial charge in [-0.3, -0.25) is 4.79 Å². The van der Waals surface area contributed by atoms with Gasteiger partial charge in [-0.25, -0.2) is 0 Å². The standard InChI is InChI=1S/C21H27NO3/c1-15(25-19-11-9-17(10-12-19)21(2,3)4)20(23)22-18-8-6-7-16(13-18)14-24-5/h6-13,15H,14H2,1-5H3,(H,22,23). The topological polar surface area (TPSA) is 47.6 Å². The molecular weight excluding hydrogens is 314 g/mol. The number of ether oxygens (including phenoxy) is 2. The maximum absolute atomic E-state index is 12.3. The quantitative estimate of drug-likeness (QED) is 0.839. The smallest absolute Gasteiger partial charge is 0.265 e. The monoisotopic (exact) mass is 341 g/mol. The molecule has 0 radical (unpaired) electrons. The van der Waals surface area contributed by atoms with Gasteiger partial charge in [0.1, 0.15) is 5.75 Å². The lowest BCUT2D eigenvalue weighted by Crippen LogP contribution is -2.30. The second kappa shape index (κ2) is 8.17. The molecule has 0 aliphatic rings. The molecule has 0 aromatic heterocycles. The molecule has 1 amide bonds. The number of hydrogen-bond donors (Lipinski definition) is 1. The van der Waals surface area contributed by atoms with Crippen LogP contribution in [-0.2, 0) is 21.6 Å². The van der Waals surface area contributed by atoms with E-state index in [-0.39, 0.29) is 11.3 Å². The van der Waals surface area contributed by atoms with Gasteiger partial charge in [-0.15, -0.1) is 0 Å². The molecule has 0 bridgehead atoms. The Morgan fingerprint density at radius 1 is 1.12 bits per heavy atom. The molecule has 0 saturated carbocycles. The number of carbonyl (C=O) groups excluding carboxylic acids is 1. The summed E-state index contributed by atoms with van der Waals surface area (Å²) in [6.07, 6.45) is -0.591. The summed E-state index contributed by atoms with van der Waals surface area (Å²) in [4.78, 5) is 12.3. The van der Waals surface area contributed by atoms with Gasteiger partial charge in [0.05, 0.1) is 6.61 Å². The van der Waals surface area contributed by atoms with Crippen molar-refractivity contribution in [1.82, 2.24) is 0 Å². The first-order valence-corrected chi connectivity index (χ1v) is 8.45. The fourth-order valence-electron chi connectivity index (χ4n) is 2.44. The summed E-state index contributed by atoms with van der Waals surface area (Å²) < 4.78 is 10.9. The van der Waals surface area contributed by atoms with Crippen LogP contribution in [0.4, 0.5) is 5.69 Å². The number of amides is 1. The predicted molar refractivity (Wildman–Crippen MR) is 101 cm³/mol. The van der Waals surface area contributed by atoms with Gasteiger partial charge in [-0.2, -0.15) is 0 Å². The summed E-state index contributed by atoms with van der Waals surface area (Å²) in [7, 11) is 1.64. The minimum atomic E-state index is -0.591. The first-order valence-electron chi connectivity index (χ1n) is 8.45. The van der Waals surface area contributed by atoms with Crippen LogP contribution >= 0.6 is 0 Å². The van der Waals surface area contributed by atoms with Crippen molar-refractivity contribution in [3.63, 3.8) is 0 Å². The van der Waals surface area contributed by atoms with Crippen molar-refractivity contribution >= 4 is 11.6 Å². The lowest BCUT2D eigenvalue weighted by atomic mass is 9.87. The predicted octanol–water partition coefficient (Wildman–Crippen LogP) is 4.54. The van der Waals surface area contributed by atoms with Crippen LogP contribution in [-0.4, -0.2) is 19.1 Å². The molecule has 2 aromatic rings. The Kier molecular flexibility index (Phi) is 6.21. The van der Waals surface area contributed by atoms with Gasteiger partial charge in [0.2, 0.25) is 0 Å². The molecule has 0 aliphatic carbocycles. The van der Waals surface area contributed by atoms with Crippen molar-refractivity contribution in [2.75, 3.05) is 12.4 Å². The zero-order valence-electron chi connectivity index (χ0n) is 15.6. The minimum absolute atomic E-state index is 0.0920. The SMILES string of the molecule is COCc1cccc(NC(=O)C(C)Oc2ccc(C(C)(C)C)cc2)c1. The summed E-state index contributed by atoms with van der Waals surface area (Å²) in [5.74, 6) is 0.498. The van der Waals surface area contributed by atoms with Crippen molar-refractivity contribution in [3.05, 3.63) is 59.7 Å². The molecule has 0 aliphatic heterocycles. The zero-order valence-corrected chi connectivity index (χ0v) is 15.6. The molecule has 4 nitrogen and oxygen atoms in total. The average Bonchev–Trinajstić information content (AvgIpc) is 2.55. The normalized spacial score (nSPS) is 12.5. The van der Waals surface area contributed by atoms with Crippen molar-refractivity contribution in [1.29, 1.82) is 0 Å². The van der Waals surface area contributed by atoms with Gasteiger partial charge in [-0.1, -0.05) is 45.0 Å². The lowest BCUT2D eigenvalue weighted by molar-refractivity contribution is -0.122. The summed E-state index contributed by atoms with van der Waals surface area (Å²) in [5.41, 5.74) is 3.06. The van der Waals surface area contributed by atoms with Crippen LogP contribution in [0.5, 0.6) is 5.75 Å². The lowest BCUT2D eigenvalue weighted by Gasteiger charge is -2.20. The van der Waals surface area contributed by atoms with Gasteiger partial charge in [0.25, 0.3) is 5.91 Å². The second-order valence-electron chi connectivity index (χ2n) is 7.16. The van der Waals surface area contributed by atoms with Crippen LogP contribution in [0.2, 0.25) is 0 Å². The Hall–Kier alpha value is -2.33. The van der Waals surface area contributed by atoms with E-state index in [1.807, 2.05) is 48.5 Å². The molecule has 4 heteroatoms. The molecule has 134 valence electrons. The van der Waals surface area contributed by atoms with Gasteiger partial charge >= 0.3 is 0 Å². The fourth-order valence-corrected chi connectivity index (χ4v) is 2.44. The Morgan fingerprint density at radius 2 is 1.80 bits per heavy atom. The number of hydrogen-bond acceptors (Lipinski definition) is 3. The third-order valence-electron chi connectivity index (χ3n) is 3.91. The number of benzene rings is 2. The third-order valence-corrected chi connectivity index (χ3v) is 3.91. The molecule has 25 heavy (non-hydrogen) atoms. The van der Waals surface area contributed by atoms with E-state index >= 15 is 0 Å². The van der Waals surface area contributed by atoms with Crippen LogP contribution in [0.15, 0.2) is 48.5 Å². The molecule has 0 saturated heterocycles. The highest BCUT2D eigenvalue weighted by molar-refractivity contribution is 5.94. The molecule has 1 N–H and O–H groups in total. The van der Waals surface area contributed by atoms with E-state index in [0.29, 0.717) is 12.4 Å². The first kappa shape index (κ1) is 19.0. The van der Waals surface area contributed by atoms with Crippen molar-refractivity contribution in [3.8, 4) is 5.75 Å². The highest BCUT2D eigenvalue weighted by Gasteiger charge is 2.17. The number of carbonyl (C=O) groups is 1. The van der Waals surface area contributed by atoms with E-state index in [0.717, 1.165) is 11.3 Å². The molecule has 1 unspecified atom stereocenters. The van der Waals surface area contributed by atoms with Crippen molar-refractivity contribution in [2.24, 2.45) is 0 Å². The highest BCUT2D eigenvalue weighted by Crippen LogP contribution is 2.24. The van der Waals surface area contributed by atoms with Gasteiger partial charge in [-0.05, 0) is 47.7 Å². The van der Waals surface area contributed by atoms with Crippen LogP contribution in [0.25, 0.3) is 0 Å². The molecule has 0 spiro atoms. The Labute approximate surface area is 150 Å². The van der Waals surface area contributed by atoms with E-state index in [4.69, 9.17) is 9.47 Å². The van der Waals surface area contributed by atoms with Crippen molar-refractivity contribution < 1.29 is 14.3 Å². The largest absolute Gasteiger partial charge is 0.481 e. The van der Waals surface area contributed by atoms with Crippen LogP contribution in [0.1, 0.15) is 38.8 Å². The maximum Gasteiger partial charge on any atom is 0.265 e. The van der Waals surface area contributed by atoms with E-state index in [9.17, 15) is 4.79 Å². The second-order valence-corrected chi connectivity index (χ2v) is 7.16. The molecule has 2 aromatic carbocycles. The van der Waals surface area contributed by atoms with Crippen molar-refractivity contribution in [2.45, 2.75) is 45.8 Å². The molecule has 0 fully saturated rings. The first-order chi connectivity index (χ1) is 11.8. The minimum Gasteiger partial charge on any atom is -0.481 e. The number of rotatable bonds is 6. The number of anilines is 1. The Balaban J connectivity index is 1.97. The summed E-state index contributed by atoms with van der Waals surface area (Å²) >= 11 is 0. The molecule has 1 atom stereocenters. The van der Waals surface area contributed by atoms with E-state index < -0.39 is 6.10 Å². The molecule has 0 heterocycles. The average molecular weight is 341 g/mol. The van der Waals surface area contributed by atoms with Crippen LogP contribution in [0, 0.1) is 0 Å². The van der Waals surface area contributed by atoms with E-state index in [1.165, 1.54) is 5.56 Å². The maximum atomic E-state index is 12.3. The Bertz CT molecular complexity index is 702. The fraction of sp³-hybridized carbons (Fsp3) is 0.381. The summed E-state index contributed by atoms with van der Waals surface area (Å²) in [5, 5.41) is 2.88. The summed E-state index contributed by atoms with van der Waals surface area (Å²) in [6, 6.07) is 15.5. The van der Waals surface area contributed by atoms with Crippen LogP contribution < -0.4 is 10.1 Å². The number of nitrogens with one attached hydrogen (secondary N) is 1. The molecule has 2 rings (SSSR count). The Morgan fingerprint density at radius 3 is 2.40 bits per heavy atom. The summed E-state index contributed by atoms with van der Waals surface area (Å²) in [6.45, 7) is 8.74. The third kappa shape index (κ3) is 5.61. The van der Waals surface area contributed by atoms with Gasteiger partial charge in [0.15, 0.2) is 6.10 Å². The van der Waals surface area contributed by atoms with Gasteiger partial charge < -0.3 is 14.8 Å². The van der Waals surface area contributed by atoms with Crippen LogP contribution in [0.3, 0.4) is 0 Å².